The molecule has 0 radical (unpaired) electrons. The number of nitriles is 1. The quantitative estimate of drug-likeness (QED) is 0.798. The second kappa shape index (κ2) is 4.68. The molecule has 3 nitrogen and oxygen atoms in total. The Morgan fingerprint density at radius 3 is 2.47 bits per heavy atom. The zero-order chi connectivity index (χ0) is 12.5. The minimum Gasteiger partial charge on any atom is -0.352 e. The summed E-state index contributed by atoms with van der Waals surface area (Å²) in [7, 11) is 0. The molecule has 2 rings (SSSR count). The van der Waals surface area contributed by atoms with Gasteiger partial charge in [0.15, 0.2) is 0 Å². The van der Waals surface area contributed by atoms with Crippen LogP contribution in [-0.2, 0) is 4.79 Å². The number of carbonyl (C=O) groups excluding carboxylic acids is 1. The van der Waals surface area contributed by atoms with E-state index >= 15 is 0 Å². The molecule has 2 aliphatic rings. The molecule has 3 heteroatoms. The SMILES string of the molecule is CC1CCC(NC(=O)C2(C#N)CCC2)CC1C. The van der Waals surface area contributed by atoms with Crippen LogP contribution in [0.25, 0.3) is 0 Å². The van der Waals surface area contributed by atoms with E-state index in [9.17, 15) is 4.79 Å². The first kappa shape index (κ1) is 12.4. The van der Waals surface area contributed by atoms with Crippen molar-refractivity contribution < 1.29 is 4.79 Å². The first-order chi connectivity index (χ1) is 8.07. The molecule has 2 fully saturated rings. The smallest absolute Gasteiger partial charge is 0.240 e. The molecule has 0 aromatic carbocycles. The van der Waals surface area contributed by atoms with Gasteiger partial charge in [0, 0.05) is 6.04 Å². The molecule has 3 atom stereocenters. The Labute approximate surface area is 104 Å². The fourth-order valence-electron chi connectivity index (χ4n) is 2.92. The van der Waals surface area contributed by atoms with Gasteiger partial charge < -0.3 is 5.32 Å². The molecule has 0 aromatic heterocycles. The zero-order valence-corrected chi connectivity index (χ0v) is 10.8. The van der Waals surface area contributed by atoms with E-state index in [-0.39, 0.29) is 5.91 Å². The minimum absolute atomic E-state index is 0.0157. The first-order valence-corrected chi connectivity index (χ1v) is 6.79. The molecule has 0 bridgehead atoms. The summed E-state index contributed by atoms with van der Waals surface area (Å²) in [6, 6.07) is 2.50. The summed E-state index contributed by atoms with van der Waals surface area (Å²) in [6.45, 7) is 4.54. The van der Waals surface area contributed by atoms with Crippen LogP contribution in [0.15, 0.2) is 0 Å². The largest absolute Gasteiger partial charge is 0.352 e. The summed E-state index contributed by atoms with van der Waals surface area (Å²) in [5.41, 5.74) is -0.688. The van der Waals surface area contributed by atoms with E-state index in [1.165, 1.54) is 6.42 Å². The minimum atomic E-state index is -0.688. The van der Waals surface area contributed by atoms with E-state index in [1.54, 1.807) is 0 Å². The summed E-state index contributed by atoms with van der Waals surface area (Å²) >= 11 is 0. The highest BCUT2D eigenvalue weighted by Crippen LogP contribution is 2.41. The molecule has 2 saturated carbocycles. The van der Waals surface area contributed by atoms with Crippen molar-refractivity contribution in [1.29, 1.82) is 5.26 Å². The lowest BCUT2D eigenvalue weighted by Gasteiger charge is -2.37. The highest BCUT2D eigenvalue weighted by atomic mass is 16.2. The standard InChI is InChI=1S/C14H22N2O/c1-10-4-5-12(8-11(10)2)16-13(17)14(9-15)6-3-7-14/h10-12H,3-8H2,1-2H3,(H,16,17). The van der Waals surface area contributed by atoms with Crippen molar-refractivity contribution in [3.05, 3.63) is 0 Å². The van der Waals surface area contributed by atoms with Crippen molar-refractivity contribution in [2.75, 3.05) is 0 Å². The van der Waals surface area contributed by atoms with Crippen molar-refractivity contribution in [1.82, 2.24) is 5.32 Å². The Kier molecular flexibility index (Phi) is 3.42. The fourth-order valence-corrected chi connectivity index (χ4v) is 2.92. The van der Waals surface area contributed by atoms with E-state index in [2.05, 4.69) is 25.2 Å². The van der Waals surface area contributed by atoms with Crippen molar-refractivity contribution in [3.63, 3.8) is 0 Å². The second-order valence-electron chi connectivity index (χ2n) is 5.99. The summed E-state index contributed by atoms with van der Waals surface area (Å²) in [4.78, 5) is 12.1. The lowest BCUT2D eigenvalue weighted by molar-refractivity contribution is -0.132. The van der Waals surface area contributed by atoms with Gasteiger partial charge in [-0.15, -0.1) is 0 Å². The monoisotopic (exact) mass is 234 g/mol. The van der Waals surface area contributed by atoms with E-state index in [1.807, 2.05) is 0 Å². The highest BCUT2D eigenvalue weighted by molar-refractivity contribution is 5.86. The van der Waals surface area contributed by atoms with Gasteiger partial charge in [0.2, 0.25) is 5.91 Å². The van der Waals surface area contributed by atoms with Gasteiger partial charge in [-0.05, 0) is 50.4 Å². The van der Waals surface area contributed by atoms with Crippen molar-refractivity contribution in [2.24, 2.45) is 17.3 Å². The Morgan fingerprint density at radius 2 is 2.00 bits per heavy atom. The van der Waals surface area contributed by atoms with Crippen LogP contribution in [0.2, 0.25) is 0 Å². The van der Waals surface area contributed by atoms with Crippen molar-refractivity contribution in [2.45, 2.75) is 58.4 Å². The third-order valence-electron chi connectivity index (χ3n) is 4.79. The molecule has 3 unspecified atom stereocenters. The van der Waals surface area contributed by atoms with Gasteiger partial charge in [0.05, 0.1) is 6.07 Å². The first-order valence-electron chi connectivity index (χ1n) is 6.79. The van der Waals surface area contributed by atoms with Gasteiger partial charge >= 0.3 is 0 Å². The van der Waals surface area contributed by atoms with E-state index < -0.39 is 5.41 Å². The van der Waals surface area contributed by atoms with Gasteiger partial charge in [-0.25, -0.2) is 0 Å². The van der Waals surface area contributed by atoms with Gasteiger partial charge in [-0.3, -0.25) is 4.79 Å². The highest BCUT2D eigenvalue weighted by Gasteiger charge is 2.45. The normalized spacial score (nSPS) is 35.5. The molecule has 17 heavy (non-hydrogen) atoms. The lowest BCUT2D eigenvalue weighted by atomic mass is 9.69. The van der Waals surface area contributed by atoms with Crippen molar-refractivity contribution in [3.8, 4) is 6.07 Å². The zero-order valence-electron chi connectivity index (χ0n) is 10.8. The molecular weight excluding hydrogens is 212 g/mol. The van der Waals surface area contributed by atoms with Crippen LogP contribution < -0.4 is 5.32 Å². The molecule has 0 heterocycles. The Bertz CT molecular complexity index is 341. The van der Waals surface area contributed by atoms with Crippen LogP contribution in [0.3, 0.4) is 0 Å². The van der Waals surface area contributed by atoms with Crippen molar-refractivity contribution >= 4 is 5.91 Å². The number of carbonyl (C=O) groups is 1. The molecular formula is C14H22N2O. The molecule has 0 aromatic rings. The molecule has 94 valence electrons. The molecule has 1 N–H and O–H groups in total. The summed E-state index contributed by atoms with van der Waals surface area (Å²) in [5, 5.41) is 12.2. The number of hydrogen-bond acceptors (Lipinski definition) is 2. The van der Waals surface area contributed by atoms with Crippen LogP contribution in [0.5, 0.6) is 0 Å². The summed E-state index contributed by atoms with van der Waals surface area (Å²) < 4.78 is 0. The summed E-state index contributed by atoms with van der Waals surface area (Å²) in [5.74, 6) is 1.42. The second-order valence-corrected chi connectivity index (χ2v) is 5.99. The number of nitrogens with zero attached hydrogens (tertiary/aromatic N) is 1. The molecule has 2 aliphatic carbocycles. The third kappa shape index (κ3) is 2.31. The van der Waals surface area contributed by atoms with Gasteiger partial charge in [0.1, 0.15) is 5.41 Å². The Hall–Kier alpha value is -1.04. The number of amides is 1. The molecule has 0 saturated heterocycles. The fraction of sp³-hybridized carbons (Fsp3) is 0.857. The predicted molar refractivity (Wildman–Crippen MR) is 66.0 cm³/mol. The van der Waals surface area contributed by atoms with Gasteiger partial charge in [-0.1, -0.05) is 13.8 Å². The Morgan fingerprint density at radius 1 is 1.29 bits per heavy atom. The molecule has 0 aliphatic heterocycles. The van der Waals surface area contributed by atoms with E-state index in [4.69, 9.17) is 5.26 Å². The maximum Gasteiger partial charge on any atom is 0.240 e. The number of nitrogens with one attached hydrogen (secondary N) is 1. The average molecular weight is 234 g/mol. The van der Waals surface area contributed by atoms with Crippen LogP contribution in [0.4, 0.5) is 0 Å². The van der Waals surface area contributed by atoms with Gasteiger partial charge in [0.25, 0.3) is 0 Å². The van der Waals surface area contributed by atoms with Crippen LogP contribution in [0, 0.1) is 28.6 Å². The maximum atomic E-state index is 12.1. The topological polar surface area (TPSA) is 52.9 Å². The summed E-state index contributed by atoms with van der Waals surface area (Å²) in [6.07, 6.45) is 5.82. The molecule has 1 amide bonds. The number of rotatable bonds is 2. The Balaban J connectivity index is 1.89. The lowest BCUT2D eigenvalue weighted by Crippen LogP contribution is -2.49. The predicted octanol–water partition coefficient (Wildman–Crippen LogP) is 2.62. The molecule has 0 spiro atoms. The van der Waals surface area contributed by atoms with E-state index in [0.29, 0.717) is 12.0 Å². The van der Waals surface area contributed by atoms with Crippen LogP contribution >= 0.6 is 0 Å². The van der Waals surface area contributed by atoms with Gasteiger partial charge in [-0.2, -0.15) is 5.26 Å². The third-order valence-corrected chi connectivity index (χ3v) is 4.79. The number of hydrogen-bond donors (Lipinski definition) is 1. The van der Waals surface area contributed by atoms with Crippen LogP contribution in [0.1, 0.15) is 52.4 Å². The maximum absolute atomic E-state index is 12.1. The van der Waals surface area contributed by atoms with E-state index in [0.717, 1.165) is 38.0 Å². The van der Waals surface area contributed by atoms with Crippen LogP contribution in [-0.4, -0.2) is 11.9 Å². The average Bonchev–Trinajstić information content (AvgIpc) is 2.23.